The van der Waals surface area contributed by atoms with Crippen LogP contribution in [-0.2, 0) is 16.6 Å². The second kappa shape index (κ2) is 6.68. The molecule has 2 aromatic rings. The molecule has 1 atom stereocenters. The molecule has 2 rings (SSSR count). The fourth-order valence-corrected chi connectivity index (χ4v) is 2.97. The molecule has 0 radical (unpaired) electrons. The highest BCUT2D eigenvalue weighted by Gasteiger charge is 2.22. The Labute approximate surface area is 133 Å². The molecule has 0 saturated carbocycles. The molecule has 0 aromatic carbocycles. The molecule has 0 fully saturated rings. The maximum absolute atomic E-state index is 11.8. The molecule has 8 heteroatoms. The molecule has 110 valence electrons. The Morgan fingerprint density at radius 1 is 1.52 bits per heavy atom. The summed E-state index contributed by atoms with van der Waals surface area (Å²) in [5, 5.41) is 15.5. The van der Waals surface area contributed by atoms with Crippen molar-refractivity contribution in [3.05, 3.63) is 44.8 Å². The summed E-state index contributed by atoms with van der Waals surface area (Å²) < 4.78 is 2.44. The smallest absolute Gasteiger partial charge is 0.331 e. The fourth-order valence-electron chi connectivity index (χ4n) is 1.64. The zero-order valence-electron chi connectivity index (χ0n) is 11.0. The van der Waals surface area contributed by atoms with Crippen molar-refractivity contribution in [1.82, 2.24) is 15.1 Å². The summed E-state index contributed by atoms with van der Waals surface area (Å²) in [6.07, 6.45) is 5.91. The van der Waals surface area contributed by atoms with Crippen LogP contribution >= 0.6 is 27.3 Å². The van der Waals surface area contributed by atoms with Crippen LogP contribution in [0.1, 0.15) is 16.5 Å². The number of carbonyl (C=O) groups excluding carboxylic acids is 1. The molecule has 0 saturated heterocycles. The third kappa shape index (κ3) is 4.27. The number of halogens is 1. The molecule has 1 unspecified atom stereocenters. The Hall–Kier alpha value is -1.93. The normalized spacial score (nSPS) is 12.5. The van der Waals surface area contributed by atoms with Crippen molar-refractivity contribution < 1.29 is 14.7 Å². The van der Waals surface area contributed by atoms with Crippen molar-refractivity contribution in [1.29, 1.82) is 0 Å². The number of carboxylic acids is 1. The average Bonchev–Trinajstić information content (AvgIpc) is 3.02. The Morgan fingerprint density at radius 2 is 2.29 bits per heavy atom. The number of amides is 1. The van der Waals surface area contributed by atoms with Gasteiger partial charge in [-0.05, 0) is 34.1 Å². The lowest BCUT2D eigenvalue weighted by molar-refractivity contribution is -0.141. The van der Waals surface area contributed by atoms with Gasteiger partial charge in [0.1, 0.15) is 0 Å². The highest BCUT2D eigenvalue weighted by atomic mass is 79.9. The van der Waals surface area contributed by atoms with Gasteiger partial charge in [-0.2, -0.15) is 5.10 Å². The Balaban J connectivity index is 2.05. The van der Waals surface area contributed by atoms with Crippen LogP contribution < -0.4 is 5.32 Å². The van der Waals surface area contributed by atoms with E-state index < -0.39 is 17.9 Å². The molecule has 2 aromatic heterocycles. The average molecular weight is 370 g/mol. The van der Waals surface area contributed by atoms with Gasteiger partial charge in [-0.25, -0.2) is 4.79 Å². The predicted molar refractivity (Wildman–Crippen MR) is 82.8 cm³/mol. The second-order valence-electron chi connectivity index (χ2n) is 4.20. The quantitative estimate of drug-likeness (QED) is 0.791. The number of nitrogens with one attached hydrogen (secondary N) is 1. The summed E-state index contributed by atoms with van der Waals surface area (Å²) in [6.45, 7) is 0. The lowest BCUT2D eigenvalue weighted by atomic mass is 10.1. The molecular weight excluding hydrogens is 358 g/mol. The van der Waals surface area contributed by atoms with Crippen LogP contribution in [0.5, 0.6) is 0 Å². The van der Waals surface area contributed by atoms with Crippen LogP contribution in [0.3, 0.4) is 0 Å². The van der Waals surface area contributed by atoms with Crippen molar-refractivity contribution in [2.24, 2.45) is 7.05 Å². The summed E-state index contributed by atoms with van der Waals surface area (Å²) in [6, 6.07) is 2.61. The van der Waals surface area contributed by atoms with E-state index in [2.05, 4.69) is 26.3 Å². The number of aliphatic carboxylic acids is 1. The van der Waals surface area contributed by atoms with E-state index in [9.17, 15) is 14.7 Å². The Bertz CT molecular complexity index is 692. The number of rotatable bonds is 5. The van der Waals surface area contributed by atoms with Gasteiger partial charge in [0.15, 0.2) is 6.04 Å². The van der Waals surface area contributed by atoms with Crippen molar-refractivity contribution in [2.75, 3.05) is 0 Å². The van der Waals surface area contributed by atoms with Crippen molar-refractivity contribution in [3.63, 3.8) is 0 Å². The number of carboxylic acid groups (broad SMARTS) is 1. The molecule has 2 heterocycles. The zero-order valence-corrected chi connectivity index (χ0v) is 13.4. The molecule has 0 bridgehead atoms. The predicted octanol–water partition coefficient (Wildman–Crippen LogP) is 2.20. The lowest BCUT2D eigenvalue weighted by Crippen LogP contribution is -2.32. The van der Waals surface area contributed by atoms with Crippen LogP contribution in [0.25, 0.3) is 6.08 Å². The number of thiophene rings is 1. The van der Waals surface area contributed by atoms with E-state index >= 15 is 0 Å². The molecule has 0 spiro atoms. The first-order chi connectivity index (χ1) is 9.95. The third-order valence-electron chi connectivity index (χ3n) is 2.58. The largest absolute Gasteiger partial charge is 0.479 e. The van der Waals surface area contributed by atoms with E-state index in [1.165, 1.54) is 28.3 Å². The van der Waals surface area contributed by atoms with Crippen LogP contribution in [-0.4, -0.2) is 26.8 Å². The fraction of sp³-hybridized carbons (Fsp3) is 0.154. The van der Waals surface area contributed by atoms with Gasteiger partial charge in [0.2, 0.25) is 5.91 Å². The monoisotopic (exact) mass is 369 g/mol. The molecule has 21 heavy (non-hydrogen) atoms. The van der Waals surface area contributed by atoms with E-state index in [1.807, 2.05) is 12.1 Å². The molecule has 0 aliphatic heterocycles. The van der Waals surface area contributed by atoms with E-state index in [1.54, 1.807) is 19.3 Å². The van der Waals surface area contributed by atoms with Crippen LogP contribution in [0, 0.1) is 0 Å². The van der Waals surface area contributed by atoms with Crippen LogP contribution in [0.15, 0.2) is 34.4 Å². The maximum Gasteiger partial charge on any atom is 0.331 e. The minimum Gasteiger partial charge on any atom is -0.479 e. The molecule has 0 aliphatic rings. The lowest BCUT2D eigenvalue weighted by Gasteiger charge is -2.10. The Morgan fingerprint density at radius 3 is 2.81 bits per heavy atom. The van der Waals surface area contributed by atoms with Crippen molar-refractivity contribution in [2.45, 2.75) is 6.04 Å². The van der Waals surface area contributed by atoms with Gasteiger partial charge in [0.05, 0.1) is 9.98 Å². The van der Waals surface area contributed by atoms with E-state index in [0.29, 0.717) is 5.56 Å². The minimum absolute atomic E-state index is 0.422. The van der Waals surface area contributed by atoms with Crippen LogP contribution in [0.2, 0.25) is 0 Å². The summed E-state index contributed by atoms with van der Waals surface area (Å²) >= 11 is 4.80. The molecule has 6 nitrogen and oxygen atoms in total. The first-order valence-corrected chi connectivity index (χ1v) is 7.52. The topological polar surface area (TPSA) is 84.2 Å². The zero-order chi connectivity index (χ0) is 15.4. The number of nitrogens with zero attached hydrogens (tertiary/aromatic N) is 2. The highest BCUT2D eigenvalue weighted by molar-refractivity contribution is 9.11. The van der Waals surface area contributed by atoms with Crippen LogP contribution in [0.4, 0.5) is 0 Å². The van der Waals surface area contributed by atoms with Crippen molar-refractivity contribution in [3.8, 4) is 0 Å². The molecule has 0 aliphatic carbocycles. The number of aromatic nitrogens is 2. The summed E-state index contributed by atoms with van der Waals surface area (Å²) in [5.41, 5.74) is 0.422. The number of hydrogen-bond acceptors (Lipinski definition) is 4. The van der Waals surface area contributed by atoms with Crippen molar-refractivity contribution >= 4 is 45.2 Å². The van der Waals surface area contributed by atoms with Gasteiger partial charge >= 0.3 is 5.97 Å². The summed E-state index contributed by atoms with van der Waals surface area (Å²) in [4.78, 5) is 24.0. The van der Waals surface area contributed by atoms with Gasteiger partial charge in [-0.15, -0.1) is 11.3 Å². The van der Waals surface area contributed by atoms with Gasteiger partial charge in [-0.1, -0.05) is 0 Å². The maximum atomic E-state index is 11.8. The van der Waals surface area contributed by atoms with Gasteiger partial charge in [0.25, 0.3) is 0 Å². The molecular formula is C13H12BrN3O3S. The number of hydrogen-bond donors (Lipinski definition) is 2. The number of aryl methyl sites for hydroxylation is 1. The first-order valence-electron chi connectivity index (χ1n) is 5.91. The second-order valence-corrected chi connectivity index (χ2v) is 6.70. The van der Waals surface area contributed by atoms with Gasteiger partial charge in [0, 0.05) is 29.8 Å². The van der Waals surface area contributed by atoms with Gasteiger partial charge < -0.3 is 10.4 Å². The van der Waals surface area contributed by atoms with E-state index in [-0.39, 0.29) is 0 Å². The van der Waals surface area contributed by atoms with Gasteiger partial charge in [-0.3, -0.25) is 9.48 Å². The highest BCUT2D eigenvalue weighted by Crippen LogP contribution is 2.23. The standard InChI is InChI=1S/C13H12BrN3O3S/c1-17-7-8(6-15-17)12(13(19)20)16-11(18)5-3-9-2-4-10(14)21-9/h2-7,12H,1H3,(H,16,18)(H,19,20)/b5-3+. The SMILES string of the molecule is Cn1cc(C(NC(=O)/C=C/c2ccc(Br)s2)C(=O)O)cn1. The first kappa shape index (κ1) is 15.5. The molecule has 1 amide bonds. The minimum atomic E-state index is -1.14. The third-order valence-corrected chi connectivity index (χ3v) is 4.17. The van der Waals surface area contributed by atoms with E-state index in [0.717, 1.165) is 8.66 Å². The number of carbonyl (C=O) groups is 2. The molecule has 2 N–H and O–H groups in total. The summed E-state index contributed by atoms with van der Waals surface area (Å²) in [7, 11) is 1.68. The van der Waals surface area contributed by atoms with E-state index in [4.69, 9.17) is 0 Å². The Kier molecular flexibility index (Phi) is 4.92. The summed E-state index contributed by atoms with van der Waals surface area (Å²) in [5.74, 6) is -1.61.